The minimum Gasteiger partial charge on any atom is -0.469 e. The summed E-state index contributed by atoms with van der Waals surface area (Å²) >= 11 is 0. The van der Waals surface area contributed by atoms with Crippen LogP contribution in [0, 0.1) is 11.8 Å². The third kappa shape index (κ3) is 2.21. The second-order valence-corrected chi connectivity index (χ2v) is 3.27. The van der Waals surface area contributed by atoms with Crippen LogP contribution in [0.3, 0.4) is 0 Å². The second kappa shape index (κ2) is 3.74. The normalized spacial score (nSPS) is 28.2. The van der Waals surface area contributed by atoms with Gasteiger partial charge in [-0.25, -0.2) is 0 Å². The standard InChI is InChI=1S/C9H16O2/c1-3-4-5-7-6-8(7)9(10)11-2/h7-8H,3-6H2,1-2H3/t7-,8+/m0/s1. The third-order valence-electron chi connectivity index (χ3n) is 2.35. The van der Waals surface area contributed by atoms with Crippen LogP contribution >= 0.6 is 0 Å². The summed E-state index contributed by atoms with van der Waals surface area (Å²) < 4.78 is 4.65. The lowest BCUT2D eigenvalue weighted by atomic mass is 10.1. The van der Waals surface area contributed by atoms with Crippen LogP contribution in [0.15, 0.2) is 0 Å². The van der Waals surface area contributed by atoms with E-state index in [0.717, 1.165) is 6.42 Å². The maximum Gasteiger partial charge on any atom is 0.308 e. The number of unbranched alkanes of at least 4 members (excludes halogenated alkanes) is 1. The summed E-state index contributed by atoms with van der Waals surface area (Å²) in [4.78, 5) is 10.9. The first-order chi connectivity index (χ1) is 5.29. The largest absolute Gasteiger partial charge is 0.469 e. The Morgan fingerprint density at radius 1 is 1.64 bits per heavy atom. The molecule has 2 heteroatoms. The van der Waals surface area contributed by atoms with Crippen molar-refractivity contribution in [3.8, 4) is 0 Å². The average Bonchev–Trinajstić information content (AvgIpc) is 2.78. The van der Waals surface area contributed by atoms with Crippen LogP contribution in [0.25, 0.3) is 0 Å². The highest BCUT2D eigenvalue weighted by Gasteiger charge is 2.42. The summed E-state index contributed by atoms with van der Waals surface area (Å²) in [5.74, 6) is 0.875. The first kappa shape index (κ1) is 8.57. The molecular formula is C9H16O2. The molecule has 0 aromatic carbocycles. The Bertz CT molecular complexity index is 142. The molecule has 0 saturated heterocycles. The van der Waals surface area contributed by atoms with Gasteiger partial charge in [0.05, 0.1) is 13.0 Å². The zero-order valence-corrected chi connectivity index (χ0v) is 7.30. The molecule has 2 nitrogen and oxygen atoms in total. The molecule has 0 spiro atoms. The van der Waals surface area contributed by atoms with E-state index in [4.69, 9.17) is 0 Å². The van der Waals surface area contributed by atoms with Gasteiger partial charge in [-0.15, -0.1) is 0 Å². The summed E-state index contributed by atoms with van der Waals surface area (Å²) in [6, 6.07) is 0. The Morgan fingerprint density at radius 3 is 2.91 bits per heavy atom. The Kier molecular flexibility index (Phi) is 2.92. The Hall–Kier alpha value is -0.530. The molecule has 0 unspecified atom stereocenters. The average molecular weight is 156 g/mol. The third-order valence-corrected chi connectivity index (χ3v) is 2.35. The number of ether oxygens (including phenoxy) is 1. The maximum atomic E-state index is 10.9. The predicted molar refractivity (Wildman–Crippen MR) is 43.1 cm³/mol. The molecular weight excluding hydrogens is 140 g/mol. The molecule has 0 aromatic rings. The molecule has 1 aliphatic carbocycles. The lowest BCUT2D eigenvalue weighted by Crippen LogP contribution is -2.04. The Morgan fingerprint density at radius 2 is 2.36 bits per heavy atom. The van der Waals surface area contributed by atoms with Crippen LogP contribution in [-0.4, -0.2) is 13.1 Å². The molecule has 0 radical (unpaired) electrons. The summed E-state index contributed by atoms with van der Waals surface area (Å²) in [5, 5.41) is 0. The lowest BCUT2D eigenvalue weighted by molar-refractivity contribution is -0.142. The van der Waals surface area contributed by atoms with Crippen molar-refractivity contribution in [2.45, 2.75) is 32.6 Å². The molecule has 0 aromatic heterocycles. The molecule has 2 atom stereocenters. The van der Waals surface area contributed by atoms with Gasteiger partial charge in [-0.3, -0.25) is 4.79 Å². The number of esters is 1. The van der Waals surface area contributed by atoms with Gasteiger partial charge >= 0.3 is 5.97 Å². The zero-order chi connectivity index (χ0) is 8.27. The van der Waals surface area contributed by atoms with Gasteiger partial charge in [0.15, 0.2) is 0 Å². The van der Waals surface area contributed by atoms with Crippen molar-refractivity contribution in [2.75, 3.05) is 7.11 Å². The molecule has 0 heterocycles. The predicted octanol–water partition coefficient (Wildman–Crippen LogP) is 1.99. The second-order valence-electron chi connectivity index (χ2n) is 3.27. The summed E-state index contributed by atoms with van der Waals surface area (Å²) in [6.07, 6.45) is 4.74. The van der Waals surface area contributed by atoms with Gasteiger partial charge in [0.2, 0.25) is 0 Å². The van der Waals surface area contributed by atoms with E-state index in [0.29, 0.717) is 5.92 Å². The van der Waals surface area contributed by atoms with E-state index >= 15 is 0 Å². The molecule has 11 heavy (non-hydrogen) atoms. The zero-order valence-electron chi connectivity index (χ0n) is 7.30. The van der Waals surface area contributed by atoms with Crippen molar-refractivity contribution in [2.24, 2.45) is 11.8 Å². The number of carbonyl (C=O) groups is 1. The van der Waals surface area contributed by atoms with Crippen LogP contribution in [-0.2, 0) is 9.53 Å². The van der Waals surface area contributed by atoms with Gasteiger partial charge in [-0.05, 0) is 18.8 Å². The molecule has 1 saturated carbocycles. The highest BCUT2D eigenvalue weighted by Crippen LogP contribution is 2.42. The Labute approximate surface area is 67.9 Å². The molecule has 64 valence electrons. The van der Waals surface area contributed by atoms with Crippen LogP contribution in [0.4, 0.5) is 0 Å². The fraction of sp³-hybridized carbons (Fsp3) is 0.889. The van der Waals surface area contributed by atoms with Crippen LogP contribution in [0.2, 0.25) is 0 Å². The first-order valence-electron chi connectivity index (χ1n) is 4.37. The van der Waals surface area contributed by atoms with Crippen LogP contribution in [0.5, 0.6) is 0 Å². The minimum absolute atomic E-state index is 0.00824. The molecule has 0 aliphatic heterocycles. The van der Waals surface area contributed by atoms with Crippen molar-refractivity contribution < 1.29 is 9.53 Å². The van der Waals surface area contributed by atoms with Crippen molar-refractivity contribution in [3.63, 3.8) is 0 Å². The fourth-order valence-electron chi connectivity index (χ4n) is 1.47. The van der Waals surface area contributed by atoms with Crippen molar-refractivity contribution in [3.05, 3.63) is 0 Å². The van der Waals surface area contributed by atoms with Crippen LogP contribution in [0.1, 0.15) is 32.6 Å². The summed E-state index contributed by atoms with van der Waals surface area (Å²) in [7, 11) is 1.47. The molecule has 0 amide bonds. The number of hydrogen-bond acceptors (Lipinski definition) is 2. The molecule has 0 bridgehead atoms. The summed E-state index contributed by atoms with van der Waals surface area (Å²) in [5.41, 5.74) is 0. The van der Waals surface area contributed by atoms with Gasteiger partial charge < -0.3 is 4.74 Å². The van der Waals surface area contributed by atoms with E-state index in [1.807, 2.05) is 0 Å². The number of carbonyl (C=O) groups excluding carboxylic acids is 1. The Balaban J connectivity index is 2.11. The van der Waals surface area contributed by atoms with Crippen molar-refractivity contribution in [1.82, 2.24) is 0 Å². The van der Waals surface area contributed by atoms with E-state index in [1.165, 1.54) is 26.4 Å². The van der Waals surface area contributed by atoms with Crippen molar-refractivity contribution in [1.29, 1.82) is 0 Å². The topological polar surface area (TPSA) is 26.3 Å². The highest BCUT2D eigenvalue weighted by atomic mass is 16.5. The van der Waals surface area contributed by atoms with Gasteiger partial charge in [0.25, 0.3) is 0 Å². The molecule has 1 rings (SSSR count). The van der Waals surface area contributed by atoms with E-state index in [1.54, 1.807) is 0 Å². The first-order valence-corrected chi connectivity index (χ1v) is 4.37. The number of methoxy groups -OCH3 is 1. The quantitative estimate of drug-likeness (QED) is 0.582. The smallest absolute Gasteiger partial charge is 0.308 e. The highest BCUT2D eigenvalue weighted by molar-refractivity contribution is 5.75. The molecule has 1 aliphatic rings. The molecule has 1 fully saturated rings. The van der Waals surface area contributed by atoms with Gasteiger partial charge in [-0.1, -0.05) is 19.8 Å². The van der Waals surface area contributed by atoms with Gasteiger partial charge in [0.1, 0.15) is 0 Å². The fourth-order valence-corrected chi connectivity index (χ4v) is 1.47. The van der Waals surface area contributed by atoms with E-state index in [9.17, 15) is 4.79 Å². The van der Waals surface area contributed by atoms with Gasteiger partial charge in [-0.2, -0.15) is 0 Å². The van der Waals surface area contributed by atoms with E-state index in [2.05, 4.69) is 11.7 Å². The van der Waals surface area contributed by atoms with Gasteiger partial charge in [0, 0.05) is 0 Å². The SMILES string of the molecule is CCCC[C@H]1C[C@H]1C(=O)OC. The minimum atomic E-state index is -0.00824. The maximum absolute atomic E-state index is 10.9. The van der Waals surface area contributed by atoms with Crippen molar-refractivity contribution >= 4 is 5.97 Å². The monoisotopic (exact) mass is 156 g/mol. The number of rotatable bonds is 4. The lowest BCUT2D eigenvalue weighted by Gasteiger charge is -1.96. The molecule has 0 N–H and O–H groups in total. The number of hydrogen-bond donors (Lipinski definition) is 0. The van der Waals surface area contributed by atoms with Crippen LogP contribution < -0.4 is 0 Å². The van der Waals surface area contributed by atoms with E-state index < -0.39 is 0 Å². The van der Waals surface area contributed by atoms with E-state index in [-0.39, 0.29) is 11.9 Å². The summed E-state index contributed by atoms with van der Waals surface area (Å²) in [6.45, 7) is 2.18.